The zero-order valence-corrected chi connectivity index (χ0v) is 9.64. The smallest absolute Gasteiger partial charge is 0.306 e. The first-order chi connectivity index (χ1) is 7.50. The molecule has 0 aromatic heterocycles. The Morgan fingerprint density at radius 3 is 2.75 bits per heavy atom. The average Bonchev–Trinajstić information content (AvgIpc) is 2.16. The highest BCUT2D eigenvalue weighted by molar-refractivity contribution is 9.10. The van der Waals surface area contributed by atoms with Gasteiger partial charge in [0.15, 0.2) is 0 Å². The Morgan fingerprint density at radius 1 is 1.56 bits per heavy atom. The zero-order chi connectivity index (χ0) is 12.1. The Kier molecular flexibility index (Phi) is 4.24. The average molecular weight is 290 g/mol. The maximum Gasteiger partial charge on any atom is 0.306 e. The largest absolute Gasteiger partial charge is 0.493 e. The second kappa shape index (κ2) is 5.45. The fraction of sp³-hybridized carbons (Fsp3) is 0.222. The molecule has 0 fully saturated rings. The van der Waals surface area contributed by atoms with Crippen LogP contribution >= 0.6 is 15.9 Å². The molecule has 0 heterocycles. The SMILES string of the molecule is O=C(O)CCOc1ccc([N+](=O)[O-])c(Br)c1. The molecule has 86 valence electrons. The lowest BCUT2D eigenvalue weighted by atomic mass is 10.3. The van der Waals surface area contributed by atoms with Gasteiger partial charge in [-0.1, -0.05) is 0 Å². The van der Waals surface area contributed by atoms with Gasteiger partial charge in [-0.25, -0.2) is 0 Å². The summed E-state index contributed by atoms with van der Waals surface area (Å²) in [5.41, 5.74) is -0.0643. The predicted molar refractivity (Wildman–Crippen MR) is 58.5 cm³/mol. The van der Waals surface area contributed by atoms with Gasteiger partial charge in [-0.15, -0.1) is 0 Å². The molecule has 1 rings (SSSR count). The van der Waals surface area contributed by atoms with Gasteiger partial charge in [-0.05, 0) is 22.0 Å². The van der Waals surface area contributed by atoms with Crippen molar-refractivity contribution in [2.24, 2.45) is 0 Å². The molecule has 0 aliphatic carbocycles. The van der Waals surface area contributed by atoms with Crippen molar-refractivity contribution >= 4 is 27.6 Å². The topological polar surface area (TPSA) is 89.7 Å². The van der Waals surface area contributed by atoms with E-state index in [0.717, 1.165) is 0 Å². The van der Waals surface area contributed by atoms with E-state index in [1.807, 2.05) is 0 Å². The molecule has 1 aromatic rings. The lowest BCUT2D eigenvalue weighted by Gasteiger charge is -2.04. The van der Waals surface area contributed by atoms with E-state index in [1.54, 1.807) is 0 Å². The normalized spacial score (nSPS) is 9.81. The number of carboxylic acid groups (broad SMARTS) is 1. The van der Waals surface area contributed by atoms with E-state index in [2.05, 4.69) is 15.9 Å². The lowest BCUT2D eigenvalue weighted by molar-refractivity contribution is -0.385. The van der Waals surface area contributed by atoms with Gasteiger partial charge in [0.2, 0.25) is 0 Å². The minimum Gasteiger partial charge on any atom is -0.493 e. The van der Waals surface area contributed by atoms with Crippen LogP contribution in [0.1, 0.15) is 6.42 Å². The Morgan fingerprint density at radius 2 is 2.25 bits per heavy atom. The number of carbonyl (C=O) groups is 1. The van der Waals surface area contributed by atoms with Crippen LogP contribution in [0.25, 0.3) is 0 Å². The third kappa shape index (κ3) is 3.50. The highest BCUT2D eigenvalue weighted by Gasteiger charge is 2.12. The summed E-state index contributed by atoms with van der Waals surface area (Å²) in [7, 11) is 0. The number of hydrogen-bond acceptors (Lipinski definition) is 4. The van der Waals surface area contributed by atoms with Gasteiger partial charge in [0.05, 0.1) is 22.4 Å². The molecule has 0 unspecified atom stereocenters. The third-order valence-electron chi connectivity index (χ3n) is 1.70. The highest BCUT2D eigenvalue weighted by atomic mass is 79.9. The van der Waals surface area contributed by atoms with Crippen molar-refractivity contribution < 1.29 is 19.6 Å². The number of nitrogens with zero attached hydrogens (tertiary/aromatic N) is 1. The summed E-state index contributed by atoms with van der Waals surface area (Å²) >= 11 is 3.03. The predicted octanol–water partition coefficient (Wildman–Crippen LogP) is 2.21. The number of halogens is 1. The second-order valence-electron chi connectivity index (χ2n) is 2.86. The summed E-state index contributed by atoms with van der Waals surface area (Å²) in [6.45, 7) is 0.0274. The molecule has 1 aromatic carbocycles. The number of ether oxygens (including phenoxy) is 1. The van der Waals surface area contributed by atoms with Gasteiger partial charge < -0.3 is 9.84 Å². The van der Waals surface area contributed by atoms with Crippen molar-refractivity contribution in [3.63, 3.8) is 0 Å². The first-order valence-electron chi connectivity index (χ1n) is 4.29. The first kappa shape index (κ1) is 12.4. The molecule has 7 heteroatoms. The van der Waals surface area contributed by atoms with Crippen molar-refractivity contribution in [2.75, 3.05) is 6.61 Å². The van der Waals surface area contributed by atoms with Crippen molar-refractivity contribution in [3.8, 4) is 5.75 Å². The van der Waals surface area contributed by atoms with E-state index < -0.39 is 10.9 Å². The number of nitro benzene ring substituents is 1. The quantitative estimate of drug-likeness (QED) is 0.663. The summed E-state index contributed by atoms with van der Waals surface area (Å²) in [4.78, 5) is 20.2. The van der Waals surface area contributed by atoms with Crippen LogP contribution in [0.5, 0.6) is 5.75 Å². The van der Waals surface area contributed by atoms with Gasteiger partial charge in [-0.3, -0.25) is 14.9 Å². The minimum atomic E-state index is -0.957. The number of benzene rings is 1. The lowest BCUT2D eigenvalue weighted by Crippen LogP contribution is -2.04. The maximum absolute atomic E-state index is 10.5. The summed E-state index contributed by atoms with van der Waals surface area (Å²) in [6, 6.07) is 4.14. The molecule has 16 heavy (non-hydrogen) atoms. The molecular formula is C9H8BrNO5. The van der Waals surface area contributed by atoms with E-state index in [9.17, 15) is 14.9 Å². The molecule has 0 aliphatic rings. The summed E-state index contributed by atoms with van der Waals surface area (Å²) in [6.07, 6.45) is -0.116. The van der Waals surface area contributed by atoms with Gasteiger partial charge in [0, 0.05) is 12.1 Å². The molecule has 1 N–H and O–H groups in total. The number of carboxylic acids is 1. The van der Waals surface area contributed by atoms with Crippen molar-refractivity contribution in [3.05, 3.63) is 32.8 Å². The van der Waals surface area contributed by atoms with Crippen molar-refractivity contribution in [2.45, 2.75) is 6.42 Å². The Bertz CT molecular complexity index is 420. The Balaban J connectivity index is 2.66. The molecule has 0 saturated heterocycles. The van der Waals surface area contributed by atoms with Crippen LogP contribution in [0.3, 0.4) is 0 Å². The van der Waals surface area contributed by atoms with Gasteiger partial charge >= 0.3 is 5.97 Å². The fourth-order valence-electron chi connectivity index (χ4n) is 0.982. The van der Waals surface area contributed by atoms with E-state index >= 15 is 0 Å². The van der Waals surface area contributed by atoms with Gasteiger partial charge in [0.25, 0.3) is 5.69 Å². The molecule has 0 radical (unpaired) electrons. The third-order valence-corrected chi connectivity index (χ3v) is 2.34. The molecule has 0 saturated carbocycles. The molecule has 0 aliphatic heterocycles. The van der Waals surface area contributed by atoms with Gasteiger partial charge in [0.1, 0.15) is 5.75 Å². The second-order valence-corrected chi connectivity index (χ2v) is 3.72. The Hall–Kier alpha value is -1.63. The highest BCUT2D eigenvalue weighted by Crippen LogP contribution is 2.28. The van der Waals surface area contributed by atoms with E-state index in [0.29, 0.717) is 10.2 Å². The van der Waals surface area contributed by atoms with E-state index in [4.69, 9.17) is 9.84 Å². The number of hydrogen-bond donors (Lipinski definition) is 1. The Labute approximate surface area is 99.1 Å². The van der Waals surface area contributed by atoms with Crippen LogP contribution in [0.2, 0.25) is 0 Å². The molecular weight excluding hydrogens is 282 g/mol. The monoisotopic (exact) mass is 289 g/mol. The van der Waals surface area contributed by atoms with Crippen LogP contribution in [-0.4, -0.2) is 22.6 Å². The van der Waals surface area contributed by atoms with Crippen LogP contribution in [0.4, 0.5) is 5.69 Å². The number of aliphatic carboxylic acids is 1. The molecule has 0 bridgehead atoms. The van der Waals surface area contributed by atoms with E-state index in [1.165, 1.54) is 18.2 Å². The van der Waals surface area contributed by atoms with E-state index in [-0.39, 0.29) is 18.7 Å². The van der Waals surface area contributed by atoms with Crippen molar-refractivity contribution in [1.82, 2.24) is 0 Å². The van der Waals surface area contributed by atoms with Crippen LogP contribution in [0.15, 0.2) is 22.7 Å². The molecule has 0 atom stereocenters. The zero-order valence-electron chi connectivity index (χ0n) is 8.05. The summed E-state index contributed by atoms with van der Waals surface area (Å²) in [5, 5.41) is 18.9. The van der Waals surface area contributed by atoms with Crippen LogP contribution in [-0.2, 0) is 4.79 Å². The number of nitro groups is 1. The summed E-state index contributed by atoms with van der Waals surface area (Å²) in [5.74, 6) is -0.570. The van der Waals surface area contributed by atoms with Crippen molar-refractivity contribution in [1.29, 1.82) is 0 Å². The number of rotatable bonds is 5. The van der Waals surface area contributed by atoms with Crippen LogP contribution < -0.4 is 4.74 Å². The molecule has 0 spiro atoms. The maximum atomic E-state index is 10.5. The van der Waals surface area contributed by atoms with Gasteiger partial charge in [-0.2, -0.15) is 0 Å². The first-order valence-corrected chi connectivity index (χ1v) is 5.08. The molecule has 0 amide bonds. The fourth-order valence-corrected chi connectivity index (χ4v) is 1.48. The standard InChI is InChI=1S/C9H8BrNO5/c10-7-5-6(16-4-3-9(12)13)1-2-8(7)11(14)15/h1-2,5H,3-4H2,(H,12,13). The molecule has 6 nitrogen and oxygen atoms in total. The minimum absolute atomic E-state index is 0.0274. The van der Waals surface area contributed by atoms with Crippen LogP contribution in [0, 0.1) is 10.1 Å². The summed E-state index contributed by atoms with van der Waals surface area (Å²) < 4.78 is 5.40.